The van der Waals surface area contributed by atoms with E-state index in [0.29, 0.717) is 0 Å². The Kier molecular flexibility index (Phi) is 4.92. The third kappa shape index (κ3) is 3.73. The molecule has 0 aromatic heterocycles. The lowest BCUT2D eigenvalue weighted by atomic mass is 10.1. The number of nitrogens with zero attached hydrogens (tertiary/aromatic N) is 1. The Hall–Kier alpha value is -0.730. The lowest BCUT2D eigenvalue weighted by molar-refractivity contribution is 0.465. The van der Waals surface area contributed by atoms with E-state index in [0.717, 1.165) is 19.5 Å². The van der Waals surface area contributed by atoms with E-state index in [9.17, 15) is 0 Å². The first-order valence-corrected chi connectivity index (χ1v) is 6.80. The molecule has 0 aliphatic carbocycles. The SMILES string of the molecule is C=[S-](=C)N(CCC)Cc1ccccc1C. The summed E-state index contributed by atoms with van der Waals surface area (Å²) in [6.07, 6.45) is 1.15. The Labute approximate surface area is 95.4 Å². The fourth-order valence-corrected chi connectivity index (χ4v) is 2.29. The van der Waals surface area contributed by atoms with Crippen LogP contribution in [0.3, 0.4) is 0 Å². The summed E-state index contributed by atoms with van der Waals surface area (Å²) in [6, 6.07) is 8.52. The third-order valence-electron chi connectivity index (χ3n) is 2.45. The molecule has 0 fully saturated rings. The van der Waals surface area contributed by atoms with Crippen LogP contribution in [-0.2, 0) is 16.8 Å². The van der Waals surface area contributed by atoms with Gasteiger partial charge < -0.3 is 14.6 Å². The quantitative estimate of drug-likeness (QED) is 0.547. The normalized spacial score (nSPS) is 11.2. The largest absolute Gasteiger partial charge is 0.420 e. The average molecular weight is 222 g/mol. The van der Waals surface area contributed by atoms with Crippen LogP contribution in [0.1, 0.15) is 24.5 Å². The third-order valence-corrected chi connectivity index (χ3v) is 3.49. The molecule has 1 aromatic carbocycles. The van der Waals surface area contributed by atoms with Crippen molar-refractivity contribution < 1.29 is 0 Å². The van der Waals surface area contributed by atoms with E-state index in [-0.39, 0.29) is 10.3 Å². The first kappa shape index (κ1) is 12.3. The highest BCUT2D eigenvalue weighted by Gasteiger charge is 1.98. The van der Waals surface area contributed by atoms with Crippen LogP contribution in [0.4, 0.5) is 0 Å². The Morgan fingerprint density at radius 2 is 1.93 bits per heavy atom. The highest BCUT2D eigenvalue weighted by Crippen LogP contribution is 2.10. The van der Waals surface area contributed by atoms with Crippen molar-refractivity contribution >= 4 is 22.0 Å². The van der Waals surface area contributed by atoms with Crippen molar-refractivity contribution in [2.45, 2.75) is 26.8 Å². The van der Waals surface area contributed by atoms with Gasteiger partial charge in [0.1, 0.15) is 0 Å². The monoisotopic (exact) mass is 222 g/mol. The molecule has 15 heavy (non-hydrogen) atoms. The van der Waals surface area contributed by atoms with Crippen LogP contribution in [0.5, 0.6) is 0 Å². The van der Waals surface area contributed by atoms with Gasteiger partial charge in [-0.15, -0.1) is 0 Å². The molecule has 0 heterocycles. The Bertz CT molecular complexity index is 372. The van der Waals surface area contributed by atoms with E-state index in [2.05, 4.69) is 54.2 Å². The second-order valence-corrected chi connectivity index (χ2v) is 5.19. The van der Waals surface area contributed by atoms with Crippen molar-refractivity contribution in [3.63, 3.8) is 0 Å². The van der Waals surface area contributed by atoms with Crippen LogP contribution in [0.25, 0.3) is 0 Å². The highest BCUT2D eigenvalue weighted by molar-refractivity contribution is 7.89. The van der Waals surface area contributed by atoms with Gasteiger partial charge in [0.15, 0.2) is 0 Å². The first-order valence-electron chi connectivity index (χ1n) is 5.28. The Balaban J connectivity index is 2.78. The summed E-state index contributed by atoms with van der Waals surface area (Å²) in [4.78, 5) is 0. The van der Waals surface area contributed by atoms with Crippen molar-refractivity contribution in [2.24, 2.45) is 0 Å². The molecule has 1 nitrogen and oxygen atoms in total. The zero-order chi connectivity index (χ0) is 11.3. The summed E-state index contributed by atoms with van der Waals surface area (Å²) in [5.41, 5.74) is 2.74. The maximum Gasteiger partial charge on any atom is 0.00508 e. The Morgan fingerprint density at radius 3 is 2.47 bits per heavy atom. The molecule has 0 radical (unpaired) electrons. The minimum atomic E-state index is -0.129. The average Bonchev–Trinajstić information content (AvgIpc) is 2.20. The molecule has 1 aromatic rings. The summed E-state index contributed by atoms with van der Waals surface area (Å²) in [7, 11) is -0.129. The molecule has 0 unspecified atom stereocenters. The minimum absolute atomic E-state index is 0.129. The van der Waals surface area contributed by atoms with Gasteiger partial charge in [-0.1, -0.05) is 31.2 Å². The molecule has 0 spiro atoms. The maximum atomic E-state index is 4.03. The predicted octanol–water partition coefficient (Wildman–Crippen LogP) is 2.60. The van der Waals surface area contributed by atoms with Crippen molar-refractivity contribution in [3.05, 3.63) is 35.4 Å². The number of benzene rings is 1. The van der Waals surface area contributed by atoms with Crippen LogP contribution < -0.4 is 0 Å². The number of hydrogen-bond acceptors (Lipinski definition) is 2. The van der Waals surface area contributed by atoms with Gasteiger partial charge in [-0.3, -0.25) is 0 Å². The van der Waals surface area contributed by atoms with E-state index in [1.165, 1.54) is 11.1 Å². The molecule has 2 heteroatoms. The fourth-order valence-electron chi connectivity index (χ4n) is 1.53. The molecular weight excluding hydrogens is 202 g/mol. The molecule has 0 aliphatic heterocycles. The van der Waals surface area contributed by atoms with Gasteiger partial charge in [0, 0.05) is 6.54 Å². The second kappa shape index (κ2) is 5.99. The van der Waals surface area contributed by atoms with Crippen LogP contribution in [0.15, 0.2) is 24.3 Å². The van der Waals surface area contributed by atoms with Gasteiger partial charge in [-0.25, -0.2) is 11.7 Å². The highest BCUT2D eigenvalue weighted by atomic mass is 32.2. The molecule has 0 saturated heterocycles. The number of aryl methyl sites for hydroxylation is 1. The van der Waals surface area contributed by atoms with Crippen LogP contribution >= 0.6 is 0 Å². The smallest absolute Gasteiger partial charge is 0.00508 e. The van der Waals surface area contributed by atoms with Crippen molar-refractivity contribution in [1.29, 1.82) is 0 Å². The van der Waals surface area contributed by atoms with E-state index < -0.39 is 0 Å². The molecule has 0 amide bonds. The van der Waals surface area contributed by atoms with Crippen LogP contribution in [-0.4, -0.2) is 22.6 Å². The van der Waals surface area contributed by atoms with E-state index in [1.807, 2.05) is 0 Å². The summed E-state index contributed by atoms with van der Waals surface area (Å²) < 4.78 is 2.34. The maximum absolute atomic E-state index is 4.03. The van der Waals surface area contributed by atoms with Crippen molar-refractivity contribution in [2.75, 3.05) is 6.54 Å². The van der Waals surface area contributed by atoms with Gasteiger partial charge in [0.25, 0.3) is 0 Å². The molecule has 0 N–H and O–H groups in total. The van der Waals surface area contributed by atoms with E-state index in [1.54, 1.807) is 0 Å². The summed E-state index contributed by atoms with van der Waals surface area (Å²) in [6.45, 7) is 6.39. The number of rotatable bonds is 5. The lowest BCUT2D eigenvalue weighted by Gasteiger charge is -2.30. The van der Waals surface area contributed by atoms with Gasteiger partial charge in [-0.2, -0.15) is 0 Å². The minimum Gasteiger partial charge on any atom is -0.420 e. The van der Waals surface area contributed by atoms with Gasteiger partial charge in [0.05, 0.1) is 0 Å². The molecule has 84 valence electrons. The van der Waals surface area contributed by atoms with E-state index in [4.69, 9.17) is 0 Å². The summed E-state index contributed by atoms with van der Waals surface area (Å²) in [5.74, 6) is 8.05. The predicted molar refractivity (Wildman–Crippen MR) is 73.5 cm³/mol. The zero-order valence-electron chi connectivity index (χ0n) is 9.70. The molecular formula is C13H20NS-. The molecule has 0 bridgehead atoms. The molecule has 0 atom stereocenters. The van der Waals surface area contributed by atoms with Gasteiger partial charge in [-0.05, 0) is 31.0 Å². The Morgan fingerprint density at radius 1 is 1.27 bits per heavy atom. The second-order valence-electron chi connectivity index (χ2n) is 3.75. The molecule has 1 rings (SSSR count). The summed E-state index contributed by atoms with van der Waals surface area (Å²) in [5, 5.41) is 0. The molecule has 0 saturated carbocycles. The van der Waals surface area contributed by atoms with Crippen molar-refractivity contribution in [1.82, 2.24) is 4.31 Å². The fraction of sp³-hybridized carbons (Fsp3) is 0.385. The van der Waals surface area contributed by atoms with Gasteiger partial charge in [0.2, 0.25) is 0 Å². The van der Waals surface area contributed by atoms with Gasteiger partial charge >= 0.3 is 0 Å². The zero-order valence-corrected chi connectivity index (χ0v) is 10.5. The summed E-state index contributed by atoms with van der Waals surface area (Å²) >= 11 is 0. The van der Waals surface area contributed by atoms with Crippen LogP contribution in [0.2, 0.25) is 0 Å². The molecule has 0 aliphatic rings. The standard InChI is InChI=1S/C13H20NS/c1-5-10-14(15(3)4)11-13-9-7-6-8-12(13)2/h6-9H,3-5,10-11H2,1-2H3/q-1. The van der Waals surface area contributed by atoms with E-state index >= 15 is 0 Å². The topological polar surface area (TPSA) is 3.24 Å². The van der Waals surface area contributed by atoms with Crippen LogP contribution in [0, 0.1) is 6.92 Å². The lowest BCUT2D eigenvalue weighted by Crippen LogP contribution is -2.22. The number of hydrogen-bond donors (Lipinski definition) is 0. The first-order chi connectivity index (χ1) is 7.15. The van der Waals surface area contributed by atoms with Crippen molar-refractivity contribution in [3.8, 4) is 0 Å².